The van der Waals surface area contributed by atoms with Crippen LogP contribution in [0.25, 0.3) is 0 Å². The Morgan fingerprint density at radius 3 is 3.00 bits per heavy atom. The van der Waals surface area contributed by atoms with E-state index in [-0.39, 0.29) is 12.0 Å². The number of halogens is 1. The molecule has 1 aromatic rings. The van der Waals surface area contributed by atoms with Gasteiger partial charge < -0.3 is 4.74 Å². The molecule has 0 aliphatic carbocycles. The highest BCUT2D eigenvalue weighted by molar-refractivity contribution is 7.98. The summed E-state index contributed by atoms with van der Waals surface area (Å²) >= 11 is 7.77. The fraction of sp³-hybridized carbons (Fsp3) is 0.333. The van der Waals surface area contributed by atoms with Gasteiger partial charge >= 0.3 is 5.97 Å². The summed E-state index contributed by atoms with van der Waals surface area (Å²) in [6.45, 7) is 1.98. The molecule has 1 atom stereocenters. The molecule has 0 saturated heterocycles. The molecule has 0 saturated carbocycles. The molecule has 0 aromatic heterocycles. The van der Waals surface area contributed by atoms with Crippen LogP contribution in [0.2, 0.25) is 5.02 Å². The Bertz CT molecular complexity index is 487. The second-order valence-corrected chi connectivity index (χ2v) is 5.11. The SMILES string of the molecule is CSCC(C)/N=C1/OC(=O)c2cccc(Cl)c21. The van der Waals surface area contributed by atoms with Gasteiger partial charge in [-0.1, -0.05) is 17.7 Å². The number of nitrogens with zero attached hydrogens (tertiary/aromatic N) is 1. The Morgan fingerprint density at radius 1 is 1.53 bits per heavy atom. The van der Waals surface area contributed by atoms with Crippen LogP contribution in [-0.4, -0.2) is 29.9 Å². The van der Waals surface area contributed by atoms with Crippen LogP contribution in [0.1, 0.15) is 22.8 Å². The zero-order valence-electron chi connectivity index (χ0n) is 9.57. The molecule has 0 fully saturated rings. The van der Waals surface area contributed by atoms with E-state index >= 15 is 0 Å². The summed E-state index contributed by atoms with van der Waals surface area (Å²) in [5, 5.41) is 0.503. The molecule has 1 heterocycles. The zero-order chi connectivity index (χ0) is 12.4. The summed E-state index contributed by atoms with van der Waals surface area (Å²) in [7, 11) is 0. The maximum absolute atomic E-state index is 11.6. The van der Waals surface area contributed by atoms with Gasteiger partial charge in [-0.05, 0) is 25.3 Å². The molecule has 0 N–H and O–H groups in total. The van der Waals surface area contributed by atoms with Crippen molar-refractivity contribution in [3.8, 4) is 0 Å². The first-order valence-electron chi connectivity index (χ1n) is 5.21. The van der Waals surface area contributed by atoms with Gasteiger partial charge in [0.15, 0.2) is 0 Å². The van der Waals surface area contributed by atoms with Crippen molar-refractivity contribution < 1.29 is 9.53 Å². The predicted octanol–water partition coefficient (Wildman–Crippen LogP) is 3.01. The van der Waals surface area contributed by atoms with Crippen molar-refractivity contribution in [3.05, 3.63) is 34.3 Å². The summed E-state index contributed by atoms with van der Waals surface area (Å²) in [6.07, 6.45) is 2.01. The average Bonchev–Trinajstić information content (AvgIpc) is 2.57. The lowest BCUT2D eigenvalue weighted by atomic mass is 10.1. The van der Waals surface area contributed by atoms with Crippen LogP contribution in [0, 0.1) is 0 Å². The van der Waals surface area contributed by atoms with E-state index in [4.69, 9.17) is 16.3 Å². The number of benzene rings is 1. The third-order valence-electron chi connectivity index (χ3n) is 2.38. The molecule has 1 unspecified atom stereocenters. The van der Waals surface area contributed by atoms with Gasteiger partial charge in [-0.25, -0.2) is 9.79 Å². The quantitative estimate of drug-likeness (QED) is 0.792. The first-order chi connectivity index (χ1) is 8.13. The van der Waals surface area contributed by atoms with Crippen molar-refractivity contribution in [2.75, 3.05) is 12.0 Å². The summed E-state index contributed by atoms with van der Waals surface area (Å²) in [4.78, 5) is 16.0. The van der Waals surface area contributed by atoms with Gasteiger partial charge in [0.25, 0.3) is 0 Å². The predicted molar refractivity (Wildman–Crippen MR) is 71.2 cm³/mol. The van der Waals surface area contributed by atoms with Crippen molar-refractivity contribution in [2.45, 2.75) is 13.0 Å². The molecule has 1 aliphatic heterocycles. The van der Waals surface area contributed by atoms with Crippen LogP contribution >= 0.6 is 23.4 Å². The van der Waals surface area contributed by atoms with Gasteiger partial charge in [-0.2, -0.15) is 11.8 Å². The van der Waals surface area contributed by atoms with E-state index in [0.717, 1.165) is 5.75 Å². The number of aliphatic imine (C=N–C) groups is 1. The van der Waals surface area contributed by atoms with E-state index in [9.17, 15) is 4.79 Å². The number of hydrogen-bond acceptors (Lipinski definition) is 4. The first-order valence-corrected chi connectivity index (χ1v) is 6.98. The number of ether oxygens (including phenoxy) is 1. The van der Waals surface area contributed by atoms with Crippen molar-refractivity contribution in [3.63, 3.8) is 0 Å². The first kappa shape index (κ1) is 12.5. The number of thioether (sulfide) groups is 1. The molecule has 1 aromatic carbocycles. The largest absolute Gasteiger partial charge is 0.403 e. The van der Waals surface area contributed by atoms with Crippen molar-refractivity contribution in [1.82, 2.24) is 0 Å². The van der Waals surface area contributed by atoms with Crippen molar-refractivity contribution in [1.29, 1.82) is 0 Å². The minimum Gasteiger partial charge on any atom is -0.403 e. The van der Waals surface area contributed by atoms with Crippen LogP contribution in [0.3, 0.4) is 0 Å². The minimum absolute atomic E-state index is 0.0926. The van der Waals surface area contributed by atoms with Crippen LogP contribution < -0.4 is 0 Å². The number of fused-ring (bicyclic) bond motifs is 1. The standard InChI is InChI=1S/C12H12ClNO2S/c1-7(6-17-2)14-11-10-8(12(15)16-11)4-3-5-9(10)13/h3-5,7H,6H2,1-2H3/b14-11+. The average molecular weight is 270 g/mol. The van der Waals surface area contributed by atoms with Gasteiger partial charge in [0.2, 0.25) is 5.90 Å². The van der Waals surface area contributed by atoms with E-state index in [1.54, 1.807) is 30.0 Å². The smallest absolute Gasteiger partial charge is 0.345 e. The lowest BCUT2D eigenvalue weighted by molar-refractivity contribution is 0.0736. The molecule has 0 amide bonds. The normalized spacial score (nSPS) is 18.1. The minimum atomic E-state index is -0.377. The number of cyclic esters (lactones) is 1. The van der Waals surface area contributed by atoms with E-state index in [0.29, 0.717) is 22.0 Å². The van der Waals surface area contributed by atoms with Crippen molar-refractivity contribution in [2.24, 2.45) is 4.99 Å². The van der Waals surface area contributed by atoms with Crippen LogP contribution in [0.5, 0.6) is 0 Å². The van der Waals surface area contributed by atoms with E-state index in [2.05, 4.69) is 4.99 Å². The molecule has 90 valence electrons. The second kappa shape index (κ2) is 5.10. The summed E-state index contributed by atoms with van der Waals surface area (Å²) in [6, 6.07) is 5.26. The highest BCUT2D eigenvalue weighted by atomic mass is 35.5. The Labute approximate surface area is 109 Å². The van der Waals surface area contributed by atoms with Crippen LogP contribution in [0.4, 0.5) is 0 Å². The Morgan fingerprint density at radius 2 is 2.29 bits per heavy atom. The van der Waals surface area contributed by atoms with Gasteiger partial charge in [0.05, 0.1) is 22.2 Å². The summed E-state index contributed by atoms with van der Waals surface area (Å²) < 4.78 is 5.15. The van der Waals surface area contributed by atoms with E-state index in [1.807, 2.05) is 13.2 Å². The molecule has 2 rings (SSSR count). The molecule has 1 aliphatic rings. The molecule has 5 heteroatoms. The Balaban J connectivity index is 2.39. The molecular formula is C12H12ClNO2S. The topological polar surface area (TPSA) is 38.7 Å². The van der Waals surface area contributed by atoms with Crippen molar-refractivity contribution >= 4 is 35.2 Å². The summed E-state index contributed by atoms with van der Waals surface area (Å²) in [5.41, 5.74) is 1.11. The fourth-order valence-electron chi connectivity index (χ4n) is 1.67. The van der Waals surface area contributed by atoms with Crippen LogP contribution in [-0.2, 0) is 4.74 Å². The maximum atomic E-state index is 11.6. The van der Waals surface area contributed by atoms with E-state index < -0.39 is 0 Å². The Kier molecular flexibility index (Phi) is 3.74. The lowest BCUT2D eigenvalue weighted by Gasteiger charge is -2.05. The molecule has 0 spiro atoms. The monoisotopic (exact) mass is 269 g/mol. The number of carbonyl (C=O) groups is 1. The molecular weight excluding hydrogens is 258 g/mol. The van der Waals surface area contributed by atoms with Gasteiger partial charge in [0.1, 0.15) is 0 Å². The third kappa shape index (κ3) is 2.48. The zero-order valence-corrected chi connectivity index (χ0v) is 11.1. The van der Waals surface area contributed by atoms with Gasteiger partial charge in [0, 0.05) is 5.75 Å². The summed E-state index contributed by atoms with van der Waals surface area (Å²) in [5.74, 6) is 0.843. The lowest BCUT2D eigenvalue weighted by Crippen LogP contribution is -2.09. The number of carbonyl (C=O) groups excluding carboxylic acids is 1. The van der Waals surface area contributed by atoms with Crippen LogP contribution in [0.15, 0.2) is 23.2 Å². The number of hydrogen-bond donors (Lipinski definition) is 0. The highest BCUT2D eigenvalue weighted by Gasteiger charge is 2.30. The second-order valence-electron chi connectivity index (χ2n) is 3.79. The maximum Gasteiger partial charge on any atom is 0.345 e. The van der Waals surface area contributed by atoms with Gasteiger partial charge in [-0.15, -0.1) is 0 Å². The Hall–Kier alpha value is -1.00. The highest BCUT2D eigenvalue weighted by Crippen LogP contribution is 2.28. The third-order valence-corrected chi connectivity index (χ3v) is 3.51. The van der Waals surface area contributed by atoms with E-state index in [1.165, 1.54) is 0 Å². The van der Waals surface area contributed by atoms with Gasteiger partial charge in [-0.3, -0.25) is 0 Å². The molecule has 0 radical (unpaired) electrons. The number of esters is 1. The molecule has 3 nitrogen and oxygen atoms in total. The molecule has 0 bridgehead atoms. The molecule has 17 heavy (non-hydrogen) atoms. The fourth-order valence-corrected chi connectivity index (χ4v) is 2.49. The number of rotatable bonds is 3.